The number of nitrogens with zero attached hydrogens (tertiary/aromatic N) is 2. The summed E-state index contributed by atoms with van der Waals surface area (Å²) in [5, 5.41) is 3.46. The van der Waals surface area contributed by atoms with Gasteiger partial charge >= 0.3 is 0 Å². The van der Waals surface area contributed by atoms with E-state index in [9.17, 15) is 0 Å². The first-order chi connectivity index (χ1) is 7.28. The molecule has 0 radical (unpaired) electrons. The van der Waals surface area contributed by atoms with Gasteiger partial charge in [-0.05, 0) is 19.3 Å². The van der Waals surface area contributed by atoms with Crippen LogP contribution in [0.5, 0.6) is 0 Å². The Morgan fingerprint density at radius 1 is 1.67 bits per heavy atom. The van der Waals surface area contributed by atoms with Crippen LogP contribution in [0.4, 0.5) is 0 Å². The van der Waals surface area contributed by atoms with Crippen LogP contribution in [0.15, 0.2) is 5.38 Å². The van der Waals surface area contributed by atoms with E-state index in [1.807, 2.05) is 0 Å². The van der Waals surface area contributed by atoms with Crippen LogP contribution in [-0.4, -0.2) is 29.0 Å². The van der Waals surface area contributed by atoms with Crippen LogP contribution < -0.4 is 5.73 Å². The van der Waals surface area contributed by atoms with Gasteiger partial charge in [0.25, 0.3) is 0 Å². The molecular weight excluding hydrogens is 206 g/mol. The van der Waals surface area contributed by atoms with E-state index < -0.39 is 0 Å². The molecule has 84 valence electrons. The van der Waals surface area contributed by atoms with E-state index in [4.69, 9.17) is 5.73 Å². The van der Waals surface area contributed by atoms with E-state index in [0.29, 0.717) is 6.04 Å². The summed E-state index contributed by atoms with van der Waals surface area (Å²) in [4.78, 5) is 7.02. The van der Waals surface area contributed by atoms with Crippen molar-refractivity contribution in [3.8, 4) is 0 Å². The van der Waals surface area contributed by atoms with Crippen molar-refractivity contribution in [2.75, 3.05) is 13.1 Å². The molecule has 0 unspecified atom stereocenters. The lowest BCUT2D eigenvalue weighted by atomic mass is 10.3. The molecule has 0 aromatic carbocycles. The standard InChI is InChI=1S/C11H19N3S/c1-2-3-11-13-10(8-15-11)7-14-5-4-9(12)6-14/h8-9H,2-7,12H2,1H3/t9-/m0/s1. The highest BCUT2D eigenvalue weighted by Gasteiger charge is 2.19. The predicted molar refractivity (Wildman–Crippen MR) is 64.0 cm³/mol. The van der Waals surface area contributed by atoms with Gasteiger partial charge in [0.1, 0.15) is 0 Å². The number of likely N-dealkylation sites (tertiary alicyclic amines) is 1. The first-order valence-electron chi connectivity index (χ1n) is 5.69. The molecule has 0 saturated carbocycles. The molecule has 0 amide bonds. The number of hydrogen-bond donors (Lipinski definition) is 1. The van der Waals surface area contributed by atoms with E-state index in [1.54, 1.807) is 11.3 Å². The fourth-order valence-corrected chi connectivity index (χ4v) is 2.88. The summed E-state index contributed by atoms with van der Waals surface area (Å²) in [6, 6.07) is 0.374. The molecule has 15 heavy (non-hydrogen) atoms. The van der Waals surface area contributed by atoms with Gasteiger partial charge in [0.05, 0.1) is 10.7 Å². The molecule has 1 aromatic rings. The Kier molecular flexibility index (Phi) is 3.72. The van der Waals surface area contributed by atoms with Crippen LogP contribution in [0, 0.1) is 0 Å². The summed E-state index contributed by atoms with van der Waals surface area (Å²) in [5.74, 6) is 0. The first-order valence-corrected chi connectivity index (χ1v) is 6.57. The normalized spacial score (nSPS) is 22.4. The zero-order valence-electron chi connectivity index (χ0n) is 9.28. The second-order valence-corrected chi connectivity index (χ2v) is 5.21. The summed E-state index contributed by atoms with van der Waals surface area (Å²) in [6.45, 7) is 5.33. The highest BCUT2D eigenvalue weighted by Crippen LogP contribution is 2.16. The summed E-state index contributed by atoms with van der Waals surface area (Å²) >= 11 is 1.79. The van der Waals surface area contributed by atoms with Gasteiger partial charge in [0, 0.05) is 31.1 Å². The Hall–Kier alpha value is -0.450. The van der Waals surface area contributed by atoms with Crippen LogP contribution in [0.1, 0.15) is 30.5 Å². The molecule has 2 heterocycles. The minimum atomic E-state index is 0.374. The summed E-state index contributed by atoms with van der Waals surface area (Å²) in [7, 11) is 0. The first kappa shape index (κ1) is 11.0. The molecule has 2 N–H and O–H groups in total. The van der Waals surface area contributed by atoms with Crippen LogP contribution in [0.2, 0.25) is 0 Å². The molecule has 1 saturated heterocycles. The van der Waals surface area contributed by atoms with Gasteiger partial charge in [-0.3, -0.25) is 4.90 Å². The Morgan fingerprint density at radius 3 is 3.20 bits per heavy atom. The maximum Gasteiger partial charge on any atom is 0.0928 e. The van der Waals surface area contributed by atoms with Crippen molar-refractivity contribution in [2.45, 2.75) is 38.8 Å². The van der Waals surface area contributed by atoms with Gasteiger partial charge in [-0.15, -0.1) is 11.3 Å². The van der Waals surface area contributed by atoms with Crippen LogP contribution in [0.3, 0.4) is 0 Å². The van der Waals surface area contributed by atoms with E-state index in [1.165, 1.54) is 17.1 Å². The van der Waals surface area contributed by atoms with Crippen molar-refractivity contribution in [3.63, 3.8) is 0 Å². The van der Waals surface area contributed by atoms with E-state index in [0.717, 1.165) is 32.5 Å². The minimum Gasteiger partial charge on any atom is -0.326 e. The molecule has 4 heteroatoms. The summed E-state index contributed by atoms with van der Waals surface area (Å²) in [6.07, 6.45) is 3.43. The minimum absolute atomic E-state index is 0.374. The van der Waals surface area contributed by atoms with Crippen molar-refractivity contribution in [3.05, 3.63) is 16.1 Å². The van der Waals surface area contributed by atoms with Crippen LogP contribution in [-0.2, 0) is 13.0 Å². The van der Waals surface area contributed by atoms with Crippen LogP contribution in [0.25, 0.3) is 0 Å². The van der Waals surface area contributed by atoms with Crippen molar-refractivity contribution in [1.82, 2.24) is 9.88 Å². The zero-order chi connectivity index (χ0) is 10.7. The lowest BCUT2D eigenvalue weighted by Crippen LogP contribution is -2.26. The molecule has 0 aliphatic carbocycles. The molecule has 2 rings (SSSR count). The highest BCUT2D eigenvalue weighted by atomic mass is 32.1. The molecule has 1 aromatic heterocycles. The Balaban J connectivity index is 1.87. The molecule has 0 spiro atoms. The van der Waals surface area contributed by atoms with E-state index in [-0.39, 0.29) is 0 Å². The maximum atomic E-state index is 5.87. The third-order valence-corrected chi connectivity index (χ3v) is 3.72. The zero-order valence-corrected chi connectivity index (χ0v) is 10.1. The number of aryl methyl sites for hydroxylation is 1. The third-order valence-electron chi connectivity index (χ3n) is 2.76. The molecule has 1 fully saturated rings. The highest BCUT2D eigenvalue weighted by molar-refractivity contribution is 7.09. The van der Waals surface area contributed by atoms with Crippen LogP contribution >= 0.6 is 11.3 Å². The number of aromatic nitrogens is 1. The molecule has 1 atom stereocenters. The molecule has 1 aliphatic rings. The fourth-order valence-electron chi connectivity index (χ4n) is 1.99. The summed E-state index contributed by atoms with van der Waals surface area (Å²) in [5.41, 5.74) is 7.09. The lowest BCUT2D eigenvalue weighted by Gasteiger charge is -2.12. The molecule has 0 bridgehead atoms. The molecular formula is C11H19N3S. The van der Waals surface area contributed by atoms with Gasteiger partial charge in [-0.1, -0.05) is 6.92 Å². The van der Waals surface area contributed by atoms with Gasteiger partial charge in [-0.2, -0.15) is 0 Å². The third kappa shape index (κ3) is 3.00. The fraction of sp³-hybridized carbons (Fsp3) is 0.727. The average molecular weight is 225 g/mol. The smallest absolute Gasteiger partial charge is 0.0928 e. The van der Waals surface area contributed by atoms with Crippen molar-refractivity contribution in [2.24, 2.45) is 5.73 Å². The van der Waals surface area contributed by atoms with E-state index >= 15 is 0 Å². The monoisotopic (exact) mass is 225 g/mol. The Morgan fingerprint density at radius 2 is 2.53 bits per heavy atom. The predicted octanol–water partition coefficient (Wildman–Crippen LogP) is 1.63. The van der Waals surface area contributed by atoms with Gasteiger partial charge in [0.2, 0.25) is 0 Å². The Bertz CT molecular complexity index is 311. The van der Waals surface area contributed by atoms with Gasteiger partial charge in [0.15, 0.2) is 0 Å². The maximum absolute atomic E-state index is 5.87. The average Bonchev–Trinajstić information content (AvgIpc) is 2.78. The van der Waals surface area contributed by atoms with Gasteiger partial charge < -0.3 is 5.73 Å². The van der Waals surface area contributed by atoms with Crippen molar-refractivity contribution < 1.29 is 0 Å². The summed E-state index contributed by atoms with van der Waals surface area (Å²) < 4.78 is 0. The van der Waals surface area contributed by atoms with Crippen molar-refractivity contribution in [1.29, 1.82) is 0 Å². The SMILES string of the molecule is CCCc1nc(CN2CC[C@H](N)C2)cs1. The molecule has 3 nitrogen and oxygen atoms in total. The Labute approximate surface area is 95.3 Å². The second-order valence-electron chi connectivity index (χ2n) is 4.27. The van der Waals surface area contributed by atoms with Gasteiger partial charge in [-0.25, -0.2) is 4.98 Å². The lowest BCUT2D eigenvalue weighted by molar-refractivity contribution is 0.323. The largest absolute Gasteiger partial charge is 0.326 e. The number of rotatable bonds is 4. The second kappa shape index (κ2) is 5.05. The number of hydrogen-bond acceptors (Lipinski definition) is 4. The van der Waals surface area contributed by atoms with Crippen molar-refractivity contribution >= 4 is 11.3 Å². The quantitative estimate of drug-likeness (QED) is 0.847. The molecule has 1 aliphatic heterocycles. The topological polar surface area (TPSA) is 42.2 Å². The number of thiazole rings is 1. The number of nitrogens with two attached hydrogens (primary N) is 1. The van der Waals surface area contributed by atoms with E-state index in [2.05, 4.69) is 22.2 Å².